The molecule has 0 saturated carbocycles. The summed E-state index contributed by atoms with van der Waals surface area (Å²) >= 11 is 0. The molecule has 6 nitrogen and oxygen atoms in total. The van der Waals surface area contributed by atoms with E-state index in [0.717, 1.165) is 17.5 Å². The number of para-hydroxylation sites is 2. The minimum absolute atomic E-state index is 0.0620. The Kier molecular flexibility index (Phi) is 4.03. The minimum Gasteiger partial charge on any atom is -0.305 e. The third-order valence-electron chi connectivity index (χ3n) is 4.58. The topological polar surface area (TPSA) is 65.6 Å². The van der Waals surface area contributed by atoms with Gasteiger partial charge in [0, 0.05) is 13.1 Å². The molecule has 0 N–H and O–H groups in total. The molecular formula is C20H21N5O. The Morgan fingerprint density at radius 2 is 1.88 bits per heavy atom. The molecule has 4 aromatic rings. The first-order valence-corrected chi connectivity index (χ1v) is 8.85. The van der Waals surface area contributed by atoms with Gasteiger partial charge in [0.05, 0.1) is 17.4 Å². The standard InChI is InChI=1S/C20H21N5O/c1-4-10-25-18-16(20(26)24(12-21-18)11-9-13(2)3)17-19(25)23-15-8-6-5-7-14(15)22-17/h4-8,12-13H,1,9-11H2,2-3H3. The first-order valence-electron chi connectivity index (χ1n) is 8.85. The van der Waals surface area contributed by atoms with E-state index in [1.807, 2.05) is 28.8 Å². The molecule has 0 unspecified atom stereocenters. The zero-order valence-corrected chi connectivity index (χ0v) is 15.0. The highest BCUT2D eigenvalue weighted by atomic mass is 16.1. The summed E-state index contributed by atoms with van der Waals surface area (Å²) < 4.78 is 3.59. The van der Waals surface area contributed by atoms with Crippen molar-refractivity contribution in [2.45, 2.75) is 33.4 Å². The maximum atomic E-state index is 13.1. The number of hydrogen-bond acceptors (Lipinski definition) is 4. The molecule has 3 heterocycles. The molecule has 0 aliphatic heterocycles. The summed E-state index contributed by atoms with van der Waals surface area (Å²) in [6.07, 6.45) is 4.33. The number of benzene rings is 1. The van der Waals surface area contributed by atoms with Crippen molar-refractivity contribution in [3.05, 3.63) is 53.6 Å². The Labute approximate surface area is 150 Å². The second-order valence-electron chi connectivity index (χ2n) is 6.91. The van der Waals surface area contributed by atoms with Crippen molar-refractivity contribution in [3.63, 3.8) is 0 Å². The highest BCUT2D eigenvalue weighted by Gasteiger charge is 2.19. The van der Waals surface area contributed by atoms with E-state index in [2.05, 4.69) is 25.4 Å². The van der Waals surface area contributed by atoms with Crippen LogP contribution in [0.4, 0.5) is 0 Å². The van der Waals surface area contributed by atoms with Gasteiger partial charge in [0.2, 0.25) is 0 Å². The average molecular weight is 347 g/mol. The van der Waals surface area contributed by atoms with E-state index in [9.17, 15) is 4.79 Å². The van der Waals surface area contributed by atoms with Crippen LogP contribution in [-0.2, 0) is 13.1 Å². The van der Waals surface area contributed by atoms with Crippen LogP contribution in [0.2, 0.25) is 0 Å². The van der Waals surface area contributed by atoms with Crippen molar-refractivity contribution in [3.8, 4) is 0 Å². The van der Waals surface area contributed by atoms with Gasteiger partial charge in [-0.05, 0) is 24.5 Å². The number of rotatable bonds is 5. The largest absolute Gasteiger partial charge is 0.305 e. The van der Waals surface area contributed by atoms with Crippen LogP contribution in [0.3, 0.4) is 0 Å². The predicted molar refractivity (Wildman–Crippen MR) is 104 cm³/mol. The van der Waals surface area contributed by atoms with E-state index in [0.29, 0.717) is 41.2 Å². The number of hydrogen-bond donors (Lipinski definition) is 0. The molecule has 0 saturated heterocycles. The molecule has 132 valence electrons. The summed E-state index contributed by atoms with van der Waals surface area (Å²) in [5, 5.41) is 0.534. The number of aryl methyl sites for hydroxylation is 1. The fraction of sp³-hybridized carbons (Fsp3) is 0.300. The average Bonchev–Trinajstić information content (AvgIpc) is 2.93. The first-order chi connectivity index (χ1) is 12.6. The Bertz CT molecular complexity index is 1190. The van der Waals surface area contributed by atoms with Gasteiger partial charge in [-0.1, -0.05) is 32.1 Å². The van der Waals surface area contributed by atoms with Gasteiger partial charge in [-0.2, -0.15) is 0 Å². The summed E-state index contributed by atoms with van der Waals surface area (Å²) in [4.78, 5) is 27.2. The molecule has 0 aliphatic rings. The van der Waals surface area contributed by atoms with E-state index in [-0.39, 0.29) is 5.56 Å². The summed E-state index contributed by atoms with van der Waals surface area (Å²) in [5.41, 5.74) is 3.40. The lowest BCUT2D eigenvalue weighted by molar-refractivity contribution is 0.506. The molecule has 0 atom stereocenters. The fourth-order valence-electron chi connectivity index (χ4n) is 3.20. The van der Waals surface area contributed by atoms with E-state index in [1.54, 1.807) is 17.0 Å². The van der Waals surface area contributed by atoms with E-state index >= 15 is 0 Å². The first kappa shape index (κ1) is 16.4. The van der Waals surface area contributed by atoms with Crippen LogP contribution in [0.25, 0.3) is 33.2 Å². The molecule has 26 heavy (non-hydrogen) atoms. The second-order valence-corrected chi connectivity index (χ2v) is 6.91. The molecule has 6 heteroatoms. The molecular weight excluding hydrogens is 326 g/mol. The monoisotopic (exact) mass is 347 g/mol. The molecule has 0 fully saturated rings. The van der Waals surface area contributed by atoms with Crippen molar-refractivity contribution in [2.24, 2.45) is 5.92 Å². The lowest BCUT2D eigenvalue weighted by Crippen LogP contribution is -2.21. The highest BCUT2D eigenvalue weighted by Crippen LogP contribution is 2.24. The maximum absolute atomic E-state index is 13.1. The normalized spacial score (nSPS) is 11.8. The smallest absolute Gasteiger partial charge is 0.265 e. The summed E-state index contributed by atoms with van der Waals surface area (Å²) in [6, 6.07) is 7.68. The summed E-state index contributed by atoms with van der Waals surface area (Å²) in [6.45, 7) is 9.28. The Morgan fingerprint density at radius 3 is 2.58 bits per heavy atom. The molecule has 3 aromatic heterocycles. The lowest BCUT2D eigenvalue weighted by atomic mass is 10.1. The number of nitrogens with zero attached hydrogens (tertiary/aromatic N) is 5. The molecule has 0 aliphatic carbocycles. The minimum atomic E-state index is -0.0620. The zero-order chi connectivity index (χ0) is 18.3. The Morgan fingerprint density at radius 1 is 1.15 bits per heavy atom. The van der Waals surface area contributed by atoms with Gasteiger partial charge in [0.25, 0.3) is 5.56 Å². The van der Waals surface area contributed by atoms with Crippen LogP contribution in [0.1, 0.15) is 20.3 Å². The third kappa shape index (κ3) is 2.58. The summed E-state index contributed by atoms with van der Waals surface area (Å²) in [5.74, 6) is 0.517. The lowest BCUT2D eigenvalue weighted by Gasteiger charge is -2.07. The van der Waals surface area contributed by atoms with Gasteiger partial charge in [0.15, 0.2) is 11.3 Å². The van der Waals surface area contributed by atoms with Crippen LogP contribution < -0.4 is 5.56 Å². The van der Waals surface area contributed by atoms with Crippen LogP contribution in [0.15, 0.2) is 48.0 Å². The van der Waals surface area contributed by atoms with Gasteiger partial charge in [-0.3, -0.25) is 9.36 Å². The Balaban J connectivity index is 2.07. The SMILES string of the molecule is C=CCn1c2nc3ccccc3nc2c2c(=O)n(CCC(C)C)cnc21. The quantitative estimate of drug-likeness (QED) is 0.518. The molecule has 0 spiro atoms. The zero-order valence-electron chi connectivity index (χ0n) is 15.0. The molecule has 0 radical (unpaired) electrons. The van der Waals surface area contributed by atoms with E-state index in [1.165, 1.54) is 0 Å². The van der Waals surface area contributed by atoms with E-state index in [4.69, 9.17) is 9.97 Å². The van der Waals surface area contributed by atoms with Gasteiger partial charge < -0.3 is 4.57 Å². The molecule has 0 bridgehead atoms. The highest BCUT2D eigenvalue weighted by molar-refractivity contribution is 6.04. The van der Waals surface area contributed by atoms with Crippen molar-refractivity contribution < 1.29 is 0 Å². The number of allylic oxidation sites excluding steroid dienone is 1. The van der Waals surface area contributed by atoms with E-state index < -0.39 is 0 Å². The predicted octanol–water partition coefficient (Wildman–Crippen LogP) is 3.53. The van der Waals surface area contributed by atoms with Gasteiger partial charge in [-0.25, -0.2) is 15.0 Å². The molecule has 4 rings (SSSR count). The number of fused-ring (bicyclic) bond motifs is 4. The third-order valence-corrected chi connectivity index (χ3v) is 4.58. The molecule has 0 amide bonds. The van der Waals surface area contributed by atoms with Crippen molar-refractivity contribution >= 4 is 33.2 Å². The van der Waals surface area contributed by atoms with Gasteiger partial charge in [-0.15, -0.1) is 6.58 Å². The van der Waals surface area contributed by atoms with Crippen LogP contribution in [-0.4, -0.2) is 24.1 Å². The van der Waals surface area contributed by atoms with Crippen molar-refractivity contribution in [1.29, 1.82) is 0 Å². The summed E-state index contributed by atoms with van der Waals surface area (Å²) in [7, 11) is 0. The van der Waals surface area contributed by atoms with Gasteiger partial charge in [0.1, 0.15) is 10.9 Å². The van der Waals surface area contributed by atoms with Crippen LogP contribution in [0, 0.1) is 5.92 Å². The van der Waals surface area contributed by atoms with Crippen molar-refractivity contribution in [2.75, 3.05) is 0 Å². The fourth-order valence-corrected chi connectivity index (χ4v) is 3.20. The van der Waals surface area contributed by atoms with Crippen LogP contribution >= 0.6 is 0 Å². The maximum Gasteiger partial charge on any atom is 0.265 e. The molecule has 1 aromatic carbocycles. The Hall–Kier alpha value is -3.02. The van der Waals surface area contributed by atoms with Gasteiger partial charge >= 0.3 is 0 Å². The van der Waals surface area contributed by atoms with Crippen molar-refractivity contribution in [1.82, 2.24) is 24.1 Å². The second kappa shape index (κ2) is 6.37. The number of aromatic nitrogens is 5. The van der Waals surface area contributed by atoms with Crippen LogP contribution in [0.5, 0.6) is 0 Å².